The molecule has 126 valence electrons. The van der Waals surface area contributed by atoms with Crippen LogP contribution < -0.4 is 16.0 Å². The molecule has 0 aliphatic rings. The SMILES string of the molecule is CC(=O)Nc1cccc(NC(=O)c2ccnc(NCC(C)C)n2)c1. The molecule has 0 aliphatic heterocycles. The Balaban J connectivity index is 2.07. The fourth-order valence-electron chi connectivity index (χ4n) is 1.94. The van der Waals surface area contributed by atoms with E-state index in [4.69, 9.17) is 0 Å². The van der Waals surface area contributed by atoms with Crippen molar-refractivity contribution in [3.05, 3.63) is 42.2 Å². The summed E-state index contributed by atoms with van der Waals surface area (Å²) in [5.41, 5.74) is 1.45. The molecule has 2 rings (SSSR count). The summed E-state index contributed by atoms with van der Waals surface area (Å²) in [6, 6.07) is 8.46. The number of aromatic nitrogens is 2. The van der Waals surface area contributed by atoms with Gasteiger partial charge in [-0.2, -0.15) is 0 Å². The molecule has 7 heteroatoms. The quantitative estimate of drug-likeness (QED) is 0.758. The van der Waals surface area contributed by atoms with Gasteiger partial charge in [0.2, 0.25) is 11.9 Å². The van der Waals surface area contributed by atoms with E-state index >= 15 is 0 Å². The topological polar surface area (TPSA) is 96.0 Å². The molecule has 7 nitrogen and oxygen atoms in total. The largest absolute Gasteiger partial charge is 0.354 e. The number of hydrogen-bond donors (Lipinski definition) is 3. The summed E-state index contributed by atoms with van der Waals surface area (Å²) in [5.74, 6) is 0.353. The molecule has 0 bridgehead atoms. The van der Waals surface area contributed by atoms with Crippen LogP contribution in [0, 0.1) is 5.92 Å². The van der Waals surface area contributed by atoms with Crippen molar-refractivity contribution in [1.29, 1.82) is 0 Å². The highest BCUT2D eigenvalue weighted by molar-refractivity contribution is 6.03. The maximum Gasteiger partial charge on any atom is 0.274 e. The molecule has 0 unspecified atom stereocenters. The Hall–Kier alpha value is -2.96. The Morgan fingerprint density at radius 3 is 2.50 bits per heavy atom. The van der Waals surface area contributed by atoms with Crippen molar-refractivity contribution in [1.82, 2.24) is 9.97 Å². The third-order valence-electron chi connectivity index (χ3n) is 3.00. The molecule has 3 N–H and O–H groups in total. The molecule has 2 amide bonds. The van der Waals surface area contributed by atoms with Gasteiger partial charge in [-0.25, -0.2) is 9.97 Å². The second-order valence-corrected chi connectivity index (χ2v) is 5.76. The number of anilines is 3. The molecule has 24 heavy (non-hydrogen) atoms. The average Bonchev–Trinajstić information content (AvgIpc) is 2.53. The molecule has 0 atom stereocenters. The fraction of sp³-hybridized carbons (Fsp3) is 0.294. The van der Waals surface area contributed by atoms with Gasteiger partial charge in [0.1, 0.15) is 5.69 Å². The smallest absolute Gasteiger partial charge is 0.274 e. The maximum atomic E-state index is 12.3. The summed E-state index contributed by atoms with van der Waals surface area (Å²) in [4.78, 5) is 31.7. The molecule has 1 aromatic carbocycles. The van der Waals surface area contributed by atoms with Gasteiger partial charge < -0.3 is 16.0 Å². The van der Waals surface area contributed by atoms with Gasteiger partial charge in [-0.15, -0.1) is 0 Å². The van der Waals surface area contributed by atoms with Crippen molar-refractivity contribution >= 4 is 29.1 Å². The molecule has 0 saturated carbocycles. The first-order valence-corrected chi connectivity index (χ1v) is 7.70. The van der Waals surface area contributed by atoms with Gasteiger partial charge in [0, 0.05) is 31.0 Å². The predicted octanol–water partition coefficient (Wildman–Crippen LogP) is 2.76. The minimum Gasteiger partial charge on any atom is -0.354 e. The van der Waals surface area contributed by atoms with E-state index in [1.54, 1.807) is 30.3 Å². The minimum atomic E-state index is -0.343. The van der Waals surface area contributed by atoms with E-state index in [1.165, 1.54) is 13.1 Å². The summed E-state index contributed by atoms with van der Waals surface area (Å²) >= 11 is 0. The summed E-state index contributed by atoms with van der Waals surface area (Å²) in [6.45, 7) is 6.30. The highest BCUT2D eigenvalue weighted by atomic mass is 16.2. The molecule has 2 aromatic rings. The number of rotatable bonds is 6. The molecular weight excluding hydrogens is 306 g/mol. The zero-order valence-corrected chi connectivity index (χ0v) is 14.0. The van der Waals surface area contributed by atoms with Gasteiger partial charge in [-0.3, -0.25) is 9.59 Å². The fourth-order valence-corrected chi connectivity index (χ4v) is 1.94. The second kappa shape index (κ2) is 8.05. The van der Waals surface area contributed by atoms with E-state index in [0.717, 1.165) is 6.54 Å². The van der Waals surface area contributed by atoms with E-state index in [0.29, 0.717) is 23.2 Å². The highest BCUT2D eigenvalue weighted by Gasteiger charge is 2.10. The van der Waals surface area contributed by atoms with Crippen molar-refractivity contribution in [2.24, 2.45) is 5.92 Å². The zero-order chi connectivity index (χ0) is 17.5. The van der Waals surface area contributed by atoms with Crippen LogP contribution in [0.2, 0.25) is 0 Å². The molecule has 0 spiro atoms. The Kier molecular flexibility index (Phi) is 5.83. The van der Waals surface area contributed by atoms with Crippen LogP contribution >= 0.6 is 0 Å². The van der Waals surface area contributed by atoms with Crippen molar-refractivity contribution in [3.8, 4) is 0 Å². The molecule has 1 heterocycles. The van der Waals surface area contributed by atoms with Crippen molar-refractivity contribution in [2.75, 3.05) is 22.5 Å². The normalized spacial score (nSPS) is 10.3. The lowest BCUT2D eigenvalue weighted by atomic mass is 10.2. The average molecular weight is 327 g/mol. The number of carbonyl (C=O) groups is 2. The third-order valence-corrected chi connectivity index (χ3v) is 3.00. The number of nitrogens with one attached hydrogen (secondary N) is 3. The molecule has 0 saturated heterocycles. The van der Waals surface area contributed by atoms with Crippen LogP contribution in [0.15, 0.2) is 36.5 Å². The monoisotopic (exact) mass is 327 g/mol. The first kappa shape index (κ1) is 17.4. The van der Waals surface area contributed by atoms with Crippen LogP contribution in [-0.4, -0.2) is 28.3 Å². The maximum absolute atomic E-state index is 12.3. The number of amides is 2. The molecule has 0 radical (unpaired) electrons. The van der Waals surface area contributed by atoms with E-state index in [1.807, 2.05) is 0 Å². The van der Waals surface area contributed by atoms with Gasteiger partial charge in [-0.1, -0.05) is 19.9 Å². The van der Waals surface area contributed by atoms with Gasteiger partial charge in [-0.05, 0) is 30.2 Å². The summed E-state index contributed by atoms with van der Waals surface area (Å²) < 4.78 is 0. The third kappa shape index (κ3) is 5.35. The van der Waals surface area contributed by atoms with Gasteiger partial charge in [0.25, 0.3) is 5.91 Å². The predicted molar refractivity (Wildman–Crippen MR) is 94.1 cm³/mol. The van der Waals surface area contributed by atoms with Crippen LogP contribution in [0.1, 0.15) is 31.3 Å². The van der Waals surface area contributed by atoms with Gasteiger partial charge in [0.15, 0.2) is 0 Å². The number of nitrogens with zero attached hydrogens (tertiary/aromatic N) is 2. The Bertz CT molecular complexity index is 730. The number of benzene rings is 1. The molecule has 0 fully saturated rings. The summed E-state index contributed by atoms with van der Waals surface area (Å²) in [6.07, 6.45) is 1.54. The number of carbonyl (C=O) groups excluding carboxylic acids is 2. The van der Waals surface area contributed by atoms with Gasteiger partial charge >= 0.3 is 0 Å². The Morgan fingerprint density at radius 1 is 1.12 bits per heavy atom. The van der Waals surface area contributed by atoms with Crippen LogP contribution in [0.25, 0.3) is 0 Å². The van der Waals surface area contributed by atoms with Crippen LogP contribution in [-0.2, 0) is 4.79 Å². The summed E-state index contributed by atoms with van der Waals surface area (Å²) in [7, 11) is 0. The number of hydrogen-bond acceptors (Lipinski definition) is 5. The van der Waals surface area contributed by atoms with Gasteiger partial charge in [0.05, 0.1) is 0 Å². The van der Waals surface area contributed by atoms with Crippen molar-refractivity contribution < 1.29 is 9.59 Å². The van der Waals surface area contributed by atoms with Crippen molar-refractivity contribution in [2.45, 2.75) is 20.8 Å². The molecular formula is C17H21N5O2. The zero-order valence-electron chi connectivity index (χ0n) is 14.0. The van der Waals surface area contributed by atoms with E-state index < -0.39 is 0 Å². The standard InChI is InChI=1S/C17H21N5O2/c1-11(2)10-19-17-18-8-7-15(22-17)16(24)21-14-6-4-5-13(9-14)20-12(3)23/h4-9,11H,10H2,1-3H3,(H,20,23)(H,21,24)(H,18,19,22). The molecule has 0 aliphatic carbocycles. The lowest BCUT2D eigenvalue weighted by Gasteiger charge is -2.09. The first-order valence-electron chi connectivity index (χ1n) is 7.70. The van der Waals surface area contributed by atoms with E-state index in [9.17, 15) is 9.59 Å². The minimum absolute atomic E-state index is 0.171. The molecule has 1 aromatic heterocycles. The van der Waals surface area contributed by atoms with Crippen LogP contribution in [0.5, 0.6) is 0 Å². The Labute approximate surface area is 140 Å². The second-order valence-electron chi connectivity index (χ2n) is 5.76. The lowest BCUT2D eigenvalue weighted by Crippen LogP contribution is -2.17. The van der Waals surface area contributed by atoms with Crippen LogP contribution in [0.3, 0.4) is 0 Å². The van der Waals surface area contributed by atoms with Crippen LogP contribution in [0.4, 0.5) is 17.3 Å². The van der Waals surface area contributed by atoms with E-state index in [-0.39, 0.29) is 17.5 Å². The Morgan fingerprint density at radius 2 is 1.83 bits per heavy atom. The highest BCUT2D eigenvalue weighted by Crippen LogP contribution is 2.16. The summed E-state index contributed by atoms with van der Waals surface area (Å²) in [5, 5.41) is 8.51. The van der Waals surface area contributed by atoms with E-state index in [2.05, 4.69) is 39.8 Å². The first-order chi connectivity index (χ1) is 11.4. The lowest BCUT2D eigenvalue weighted by molar-refractivity contribution is -0.114. The van der Waals surface area contributed by atoms with Crippen molar-refractivity contribution in [3.63, 3.8) is 0 Å².